The van der Waals surface area contributed by atoms with Crippen molar-refractivity contribution in [2.24, 2.45) is 0 Å². The SMILES string of the molecule is Cc1ccc([S@](=O)NC(C)C)cc1. The minimum atomic E-state index is -1.07. The lowest BCUT2D eigenvalue weighted by atomic mass is 10.2. The van der Waals surface area contributed by atoms with E-state index in [1.54, 1.807) is 0 Å². The van der Waals surface area contributed by atoms with E-state index in [0.717, 1.165) is 4.90 Å². The number of nitrogens with one attached hydrogen (secondary N) is 1. The van der Waals surface area contributed by atoms with Crippen molar-refractivity contribution in [3.05, 3.63) is 29.8 Å². The second-order valence-electron chi connectivity index (χ2n) is 3.35. The van der Waals surface area contributed by atoms with Gasteiger partial charge in [0.2, 0.25) is 0 Å². The molecule has 1 rings (SSSR count). The van der Waals surface area contributed by atoms with Crippen LogP contribution in [-0.4, -0.2) is 10.3 Å². The zero-order valence-corrected chi connectivity index (χ0v) is 9.02. The number of rotatable bonds is 3. The zero-order valence-electron chi connectivity index (χ0n) is 8.20. The van der Waals surface area contributed by atoms with Crippen LogP contribution in [0.2, 0.25) is 0 Å². The molecule has 0 fully saturated rings. The highest BCUT2D eigenvalue weighted by Crippen LogP contribution is 2.06. The van der Waals surface area contributed by atoms with Gasteiger partial charge >= 0.3 is 0 Å². The summed E-state index contributed by atoms with van der Waals surface area (Å²) in [6.07, 6.45) is 0. The van der Waals surface area contributed by atoms with Gasteiger partial charge < -0.3 is 0 Å². The van der Waals surface area contributed by atoms with Gasteiger partial charge in [-0.05, 0) is 32.9 Å². The van der Waals surface area contributed by atoms with Crippen molar-refractivity contribution < 1.29 is 4.21 Å². The first-order valence-corrected chi connectivity index (χ1v) is 5.49. The molecule has 2 nitrogen and oxygen atoms in total. The maximum atomic E-state index is 11.6. The van der Waals surface area contributed by atoms with Crippen molar-refractivity contribution in [2.75, 3.05) is 0 Å². The molecule has 0 aliphatic carbocycles. The van der Waals surface area contributed by atoms with Gasteiger partial charge in [0.1, 0.15) is 11.0 Å². The summed E-state index contributed by atoms with van der Waals surface area (Å²) in [6, 6.07) is 7.95. The van der Waals surface area contributed by atoms with Gasteiger partial charge in [-0.1, -0.05) is 17.7 Å². The van der Waals surface area contributed by atoms with Gasteiger partial charge in [0.05, 0.1) is 4.90 Å². The largest absolute Gasteiger partial charge is 0.237 e. The highest BCUT2D eigenvalue weighted by atomic mass is 32.2. The summed E-state index contributed by atoms with van der Waals surface area (Å²) in [5.41, 5.74) is 1.19. The van der Waals surface area contributed by atoms with E-state index >= 15 is 0 Å². The van der Waals surface area contributed by atoms with Crippen molar-refractivity contribution >= 4 is 11.0 Å². The molecule has 13 heavy (non-hydrogen) atoms. The highest BCUT2D eigenvalue weighted by molar-refractivity contribution is 7.83. The molecule has 1 N–H and O–H groups in total. The predicted molar refractivity (Wildman–Crippen MR) is 55.9 cm³/mol. The molecule has 0 aromatic heterocycles. The Morgan fingerprint density at radius 1 is 1.23 bits per heavy atom. The molecule has 1 atom stereocenters. The lowest BCUT2D eigenvalue weighted by Gasteiger charge is -2.07. The molecule has 0 heterocycles. The van der Waals surface area contributed by atoms with E-state index in [4.69, 9.17) is 0 Å². The van der Waals surface area contributed by atoms with Gasteiger partial charge in [0, 0.05) is 6.04 Å². The smallest absolute Gasteiger partial charge is 0.125 e. The molecule has 1 aromatic rings. The average molecular weight is 197 g/mol. The third-order valence-electron chi connectivity index (χ3n) is 1.58. The molecule has 0 amide bonds. The van der Waals surface area contributed by atoms with Crippen LogP contribution in [0.15, 0.2) is 29.2 Å². The van der Waals surface area contributed by atoms with Crippen LogP contribution in [0.25, 0.3) is 0 Å². The lowest BCUT2D eigenvalue weighted by Crippen LogP contribution is -2.24. The molecule has 72 valence electrons. The molecule has 3 heteroatoms. The minimum absolute atomic E-state index is 0.238. The molecule has 0 aliphatic heterocycles. The topological polar surface area (TPSA) is 29.1 Å². The molecule has 0 unspecified atom stereocenters. The van der Waals surface area contributed by atoms with E-state index < -0.39 is 11.0 Å². The molecule has 0 radical (unpaired) electrons. The quantitative estimate of drug-likeness (QED) is 0.789. The normalized spacial score (nSPS) is 13.2. The first-order chi connectivity index (χ1) is 6.09. The molecule has 0 saturated heterocycles. The standard InChI is InChI=1S/C10H15NOS/c1-8(2)11-13(12)10-6-4-9(3)5-7-10/h4-8,11H,1-3H3/t13-/m0/s1. The van der Waals surface area contributed by atoms with Crippen molar-refractivity contribution in [1.82, 2.24) is 4.72 Å². The van der Waals surface area contributed by atoms with Crippen LogP contribution in [0.5, 0.6) is 0 Å². The molecule has 0 saturated carbocycles. The monoisotopic (exact) mass is 197 g/mol. The minimum Gasteiger partial charge on any atom is -0.237 e. The first-order valence-electron chi connectivity index (χ1n) is 4.34. The Morgan fingerprint density at radius 3 is 2.23 bits per heavy atom. The van der Waals surface area contributed by atoms with Crippen LogP contribution in [0.1, 0.15) is 19.4 Å². The molecule has 0 spiro atoms. The van der Waals surface area contributed by atoms with E-state index in [1.807, 2.05) is 45.0 Å². The number of aryl methyl sites for hydroxylation is 1. The van der Waals surface area contributed by atoms with Crippen molar-refractivity contribution in [3.63, 3.8) is 0 Å². The van der Waals surface area contributed by atoms with Crippen LogP contribution >= 0.6 is 0 Å². The van der Waals surface area contributed by atoms with Gasteiger partial charge in [-0.2, -0.15) is 0 Å². The van der Waals surface area contributed by atoms with Crippen LogP contribution in [0, 0.1) is 6.92 Å². The fourth-order valence-corrected chi connectivity index (χ4v) is 1.89. The number of hydrogen-bond donors (Lipinski definition) is 1. The Hall–Kier alpha value is -0.670. The Morgan fingerprint density at radius 2 is 1.77 bits per heavy atom. The van der Waals surface area contributed by atoms with Crippen molar-refractivity contribution in [3.8, 4) is 0 Å². The van der Waals surface area contributed by atoms with Crippen LogP contribution in [0.3, 0.4) is 0 Å². The molecule has 1 aromatic carbocycles. The predicted octanol–water partition coefficient (Wildman–Crippen LogP) is 2.02. The van der Waals surface area contributed by atoms with Crippen molar-refractivity contribution in [1.29, 1.82) is 0 Å². The van der Waals surface area contributed by atoms with Gasteiger partial charge in [0.15, 0.2) is 0 Å². The Labute approximate surface area is 82.0 Å². The third-order valence-corrected chi connectivity index (χ3v) is 2.96. The lowest BCUT2D eigenvalue weighted by molar-refractivity contribution is 0.656. The third kappa shape index (κ3) is 3.28. The molecular formula is C10H15NOS. The molecule has 0 aliphatic rings. The maximum Gasteiger partial charge on any atom is 0.125 e. The van der Waals surface area contributed by atoms with Gasteiger partial charge in [-0.3, -0.25) is 0 Å². The van der Waals surface area contributed by atoms with E-state index in [2.05, 4.69) is 4.72 Å². The molecule has 0 bridgehead atoms. The highest BCUT2D eigenvalue weighted by Gasteiger charge is 2.03. The van der Waals surface area contributed by atoms with E-state index in [-0.39, 0.29) is 6.04 Å². The summed E-state index contributed by atoms with van der Waals surface area (Å²) < 4.78 is 14.5. The average Bonchev–Trinajstić information content (AvgIpc) is 2.04. The van der Waals surface area contributed by atoms with E-state index in [0.29, 0.717) is 0 Å². The van der Waals surface area contributed by atoms with Gasteiger partial charge in [-0.15, -0.1) is 0 Å². The summed E-state index contributed by atoms with van der Waals surface area (Å²) in [6.45, 7) is 5.97. The first kappa shape index (κ1) is 10.4. The summed E-state index contributed by atoms with van der Waals surface area (Å²) >= 11 is 0. The second kappa shape index (κ2) is 4.53. The number of benzene rings is 1. The fraction of sp³-hybridized carbons (Fsp3) is 0.400. The number of hydrogen-bond acceptors (Lipinski definition) is 1. The van der Waals surface area contributed by atoms with Crippen LogP contribution in [0.4, 0.5) is 0 Å². The Kier molecular flexibility index (Phi) is 3.63. The molecular weight excluding hydrogens is 182 g/mol. The van der Waals surface area contributed by atoms with E-state index in [9.17, 15) is 4.21 Å². The van der Waals surface area contributed by atoms with E-state index in [1.165, 1.54) is 5.56 Å². The fourth-order valence-electron chi connectivity index (χ4n) is 0.944. The van der Waals surface area contributed by atoms with Gasteiger partial charge in [0.25, 0.3) is 0 Å². The Balaban J connectivity index is 2.72. The summed E-state index contributed by atoms with van der Waals surface area (Å²) in [5.74, 6) is 0. The van der Waals surface area contributed by atoms with Gasteiger partial charge in [-0.25, -0.2) is 8.93 Å². The summed E-state index contributed by atoms with van der Waals surface area (Å²) in [4.78, 5) is 0.833. The summed E-state index contributed by atoms with van der Waals surface area (Å²) in [5, 5.41) is 0. The zero-order chi connectivity index (χ0) is 9.84. The van der Waals surface area contributed by atoms with Crippen LogP contribution < -0.4 is 4.72 Å². The Bertz CT molecular complexity index is 292. The second-order valence-corrected chi connectivity index (χ2v) is 4.60. The van der Waals surface area contributed by atoms with Crippen molar-refractivity contribution in [2.45, 2.75) is 31.7 Å². The van der Waals surface area contributed by atoms with Crippen LogP contribution in [-0.2, 0) is 11.0 Å². The maximum absolute atomic E-state index is 11.6. The summed E-state index contributed by atoms with van der Waals surface area (Å²) in [7, 11) is -1.07.